The number of likely N-dealkylation sites (tertiary alicyclic amines) is 1. The highest BCUT2D eigenvalue weighted by atomic mass is 19.1. The zero-order valence-electron chi connectivity index (χ0n) is 13.9. The monoisotopic (exact) mass is 330 g/mol. The van der Waals surface area contributed by atoms with Crippen LogP contribution in [-0.2, 0) is 0 Å². The van der Waals surface area contributed by atoms with Gasteiger partial charge in [0.15, 0.2) is 0 Å². The van der Waals surface area contributed by atoms with E-state index in [0.29, 0.717) is 17.2 Å². The van der Waals surface area contributed by atoms with Crippen LogP contribution in [-0.4, -0.2) is 47.2 Å². The van der Waals surface area contributed by atoms with Gasteiger partial charge in [0.05, 0.1) is 17.5 Å². The maximum Gasteiger partial charge on any atom is 0.257 e. The van der Waals surface area contributed by atoms with Gasteiger partial charge in [-0.25, -0.2) is 4.39 Å². The van der Waals surface area contributed by atoms with Crippen LogP contribution in [0.25, 0.3) is 11.3 Å². The smallest absolute Gasteiger partial charge is 0.257 e. The summed E-state index contributed by atoms with van der Waals surface area (Å²) in [5.74, 6) is 0.328. The Kier molecular flexibility index (Phi) is 5.25. The van der Waals surface area contributed by atoms with E-state index in [4.69, 9.17) is 0 Å². The van der Waals surface area contributed by atoms with Gasteiger partial charge in [-0.1, -0.05) is 6.92 Å². The average molecular weight is 330 g/mol. The van der Waals surface area contributed by atoms with Crippen molar-refractivity contribution >= 4 is 5.91 Å². The molecule has 1 amide bonds. The second-order valence-electron chi connectivity index (χ2n) is 6.21. The first kappa shape index (κ1) is 16.6. The van der Waals surface area contributed by atoms with Gasteiger partial charge in [0, 0.05) is 18.7 Å². The predicted molar refractivity (Wildman–Crippen MR) is 91.2 cm³/mol. The van der Waals surface area contributed by atoms with Crippen LogP contribution in [0.2, 0.25) is 0 Å². The Morgan fingerprint density at radius 3 is 2.71 bits per heavy atom. The lowest BCUT2D eigenvalue weighted by Gasteiger charge is -2.32. The fourth-order valence-electron chi connectivity index (χ4n) is 3.14. The van der Waals surface area contributed by atoms with Gasteiger partial charge in [0.25, 0.3) is 5.91 Å². The predicted octanol–water partition coefficient (Wildman–Crippen LogP) is 2.68. The number of carbonyl (C=O) groups is 1. The van der Waals surface area contributed by atoms with E-state index in [-0.39, 0.29) is 11.7 Å². The summed E-state index contributed by atoms with van der Waals surface area (Å²) in [4.78, 5) is 14.7. The highest BCUT2D eigenvalue weighted by Crippen LogP contribution is 2.25. The third kappa shape index (κ3) is 3.64. The van der Waals surface area contributed by atoms with Crippen LogP contribution in [0.15, 0.2) is 30.5 Å². The van der Waals surface area contributed by atoms with E-state index in [0.717, 1.165) is 44.6 Å². The van der Waals surface area contributed by atoms with Gasteiger partial charge in [-0.2, -0.15) is 5.10 Å². The molecule has 3 rings (SSSR count). The van der Waals surface area contributed by atoms with Crippen LogP contribution in [0.3, 0.4) is 0 Å². The molecule has 0 unspecified atom stereocenters. The number of aromatic amines is 1. The third-order valence-corrected chi connectivity index (χ3v) is 4.59. The number of hydrogen-bond donors (Lipinski definition) is 2. The average Bonchev–Trinajstić information content (AvgIpc) is 3.10. The van der Waals surface area contributed by atoms with E-state index in [2.05, 4.69) is 22.4 Å². The van der Waals surface area contributed by atoms with E-state index in [1.54, 1.807) is 18.3 Å². The molecule has 0 bridgehead atoms. The number of benzene rings is 1. The maximum atomic E-state index is 13.1. The molecule has 0 spiro atoms. The van der Waals surface area contributed by atoms with E-state index in [1.807, 2.05) is 4.90 Å². The topological polar surface area (TPSA) is 61.0 Å². The number of nitrogens with zero attached hydrogens (tertiary/aromatic N) is 2. The van der Waals surface area contributed by atoms with Crippen LogP contribution in [0, 0.1) is 11.7 Å². The van der Waals surface area contributed by atoms with Crippen molar-refractivity contribution in [1.29, 1.82) is 0 Å². The molecule has 6 heteroatoms. The van der Waals surface area contributed by atoms with Crippen molar-refractivity contribution < 1.29 is 9.18 Å². The van der Waals surface area contributed by atoms with Gasteiger partial charge in [0.1, 0.15) is 5.82 Å². The van der Waals surface area contributed by atoms with Crippen molar-refractivity contribution in [1.82, 2.24) is 20.4 Å². The molecule has 2 heterocycles. The summed E-state index contributed by atoms with van der Waals surface area (Å²) in [5, 5.41) is 10.3. The van der Waals surface area contributed by atoms with Crippen LogP contribution in [0.5, 0.6) is 0 Å². The number of amides is 1. The van der Waals surface area contributed by atoms with Crippen LogP contribution < -0.4 is 5.32 Å². The molecule has 0 aliphatic carbocycles. The number of piperidine rings is 1. The van der Waals surface area contributed by atoms with Gasteiger partial charge in [-0.3, -0.25) is 9.89 Å². The van der Waals surface area contributed by atoms with Crippen molar-refractivity contribution in [3.63, 3.8) is 0 Å². The van der Waals surface area contributed by atoms with Crippen LogP contribution in [0.4, 0.5) is 4.39 Å². The number of H-pyrrole nitrogens is 1. The Balaban J connectivity index is 1.69. The summed E-state index contributed by atoms with van der Waals surface area (Å²) in [5.41, 5.74) is 1.96. The number of hydrogen-bond acceptors (Lipinski definition) is 3. The molecule has 5 nitrogen and oxygen atoms in total. The highest BCUT2D eigenvalue weighted by molar-refractivity contribution is 5.99. The molecule has 0 saturated carbocycles. The van der Waals surface area contributed by atoms with Gasteiger partial charge in [-0.05, 0) is 56.1 Å². The van der Waals surface area contributed by atoms with Crippen LogP contribution >= 0.6 is 0 Å². The number of nitrogens with one attached hydrogen (secondary N) is 2. The Labute approximate surface area is 141 Å². The lowest BCUT2D eigenvalue weighted by atomic mass is 9.96. The standard InChI is InChI=1S/C18H23FN4O/c1-2-20-11-13-7-9-23(10-8-13)18(24)16-12-21-22-17(16)14-3-5-15(19)6-4-14/h3-6,12-13,20H,2,7-11H2,1H3,(H,21,22). The van der Waals surface area contributed by atoms with Gasteiger partial charge < -0.3 is 10.2 Å². The van der Waals surface area contributed by atoms with E-state index >= 15 is 0 Å². The normalized spacial score (nSPS) is 15.7. The fraction of sp³-hybridized carbons (Fsp3) is 0.444. The van der Waals surface area contributed by atoms with Crippen molar-refractivity contribution in [2.45, 2.75) is 19.8 Å². The SMILES string of the molecule is CCNCC1CCN(C(=O)c2cn[nH]c2-c2ccc(F)cc2)CC1. The quantitative estimate of drug-likeness (QED) is 0.886. The third-order valence-electron chi connectivity index (χ3n) is 4.59. The molecule has 2 aromatic rings. The molecule has 0 radical (unpaired) electrons. The molecule has 1 aliphatic heterocycles. The Morgan fingerprint density at radius 2 is 2.04 bits per heavy atom. The molecule has 1 aromatic carbocycles. The Hall–Kier alpha value is -2.21. The maximum absolute atomic E-state index is 13.1. The summed E-state index contributed by atoms with van der Waals surface area (Å²) in [6.07, 6.45) is 3.59. The zero-order valence-corrected chi connectivity index (χ0v) is 13.9. The Bertz CT molecular complexity index is 675. The van der Waals surface area contributed by atoms with Crippen molar-refractivity contribution in [3.8, 4) is 11.3 Å². The molecular weight excluding hydrogens is 307 g/mol. The lowest BCUT2D eigenvalue weighted by Crippen LogP contribution is -2.40. The van der Waals surface area contributed by atoms with Crippen molar-refractivity contribution in [2.24, 2.45) is 5.92 Å². The summed E-state index contributed by atoms with van der Waals surface area (Å²) in [6, 6.07) is 6.08. The lowest BCUT2D eigenvalue weighted by molar-refractivity contribution is 0.0691. The first-order valence-corrected chi connectivity index (χ1v) is 8.48. The molecule has 1 aliphatic rings. The molecule has 1 aromatic heterocycles. The summed E-state index contributed by atoms with van der Waals surface area (Å²) in [7, 11) is 0. The van der Waals surface area contributed by atoms with E-state index in [9.17, 15) is 9.18 Å². The second kappa shape index (κ2) is 7.57. The molecule has 1 fully saturated rings. The number of aromatic nitrogens is 2. The minimum atomic E-state index is -0.297. The molecule has 2 N–H and O–H groups in total. The summed E-state index contributed by atoms with van der Waals surface area (Å²) in [6.45, 7) is 5.64. The first-order chi connectivity index (χ1) is 11.7. The van der Waals surface area contributed by atoms with Crippen molar-refractivity contribution in [2.75, 3.05) is 26.2 Å². The first-order valence-electron chi connectivity index (χ1n) is 8.48. The zero-order chi connectivity index (χ0) is 16.9. The minimum absolute atomic E-state index is 0.00928. The number of carbonyl (C=O) groups excluding carboxylic acids is 1. The number of halogens is 1. The van der Waals surface area contributed by atoms with Crippen LogP contribution in [0.1, 0.15) is 30.1 Å². The summed E-state index contributed by atoms with van der Waals surface area (Å²) >= 11 is 0. The van der Waals surface area contributed by atoms with Crippen molar-refractivity contribution in [3.05, 3.63) is 41.8 Å². The minimum Gasteiger partial charge on any atom is -0.339 e. The largest absolute Gasteiger partial charge is 0.339 e. The molecule has 1 saturated heterocycles. The number of rotatable bonds is 5. The summed E-state index contributed by atoms with van der Waals surface area (Å²) < 4.78 is 13.1. The van der Waals surface area contributed by atoms with E-state index in [1.165, 1.54) is 12.1 Å². The molecule has 0 atom stereocenters. The van der Waals surface area contributed by atoms with Gasteiger partial charge in [-0.15, -0.1) is 0 Å². The van der Waals surface area contributed by atoms with Gasteiger partial charge >= 0.3 is 0 Å². The molecular formula is C18H23FN4O. The molecule has 24 heavy (non-hydrogen) atoms. The molecule has 128 valence electrons. The van der Waals surface area contributed by atoms with E-state index < -0.39 is 0 Å². The van der Waals surface area contributed by atoms with Gasteiger partial charge in [0.2, 0.25) is 0 Å². The second-order valence-corrected chi connectivity index (χ2v) is 6.21. The highest BCUT2D eigenvalue weighted by Gasteiger charge is 2.26. The fourth-order valence-corrected chi connectivity index (χ4v) is 3.14. The Morgan fingerprint density at radius 1 is 1.33 bits per heavy atom.